The topological polar surface area (TPSA) is 32.3 Å². The summed E-state index contributed by atoms with van der Waals surface area (Å²) in [5, 5.41) is 12.4. The Morgan fingerprint density at radius 2 is 1.85 bits per heavy atom. The Bertz CT molecular complexity index is 154. The zero-order valence-corrected chi connectivity index (χ0v) is 8.34. The Hall–Kier alpha value is -0.0800. The molecule has 0 aromatic rings. The molecule has 2 fully saturated rings. The van der Waals surface area contributed by atoms with Crippen molar-refractivity contribution >= 4 is 0 Å². The van der Waals surface area contributed by atoms with Crippen molar-refractivity contribution in [2.75, 3.05) is 13.2 Å². The highest BCUT2D eigenvalue weighted by atomic mass is 16.3. The molecule has 2 rings (SSSR count). The summed E-state index contributed by atoms with van der Waals surface area (Å²) in [7, 11) is 0. The van der Waals surface area contributed by atoms with Crippen molar-refractivity contribution < 1.29 is 5.11 Å². The van der Waals surface area contributed by atoms with Crippen molar-refractivity contribution in [3.8, 4) is 0 Å². The Balaban J connectivity index is 1.80. The summed E-state index contributed by atoms with van der Waals surface area (Å²) in [6, 6.07) is 0.395. The first-order chi connectivity index (χ1) is 6.40. The summed E-state index contributed by atoms with van der Waals surface area (Å²) in [6.07, 6.45) is 8.39. The van der Waals surface area contributed by atoms with Gasteiger partial charge in [0.05, 0.1) is 6.61 Å². The van der Waals surface area contributed by atoms with Gasteiger partial charge in [0.15, 0.2) is 0 Å². The van der Waals surface area contributed by atoms with Crippen molar-refractivity contribution in [2.24, 2.45) is 11.8 Å². The summed E-state index contributed by atoms with van der Waals surface area (Å²) < 4.78 is 0. The van der Waals surface area contributed by atoms with Crippen LogP contribution in [0.5, 0.6) is 0 Å². The van der Waals surface area contributed by atoms with Crippen LogP contribution in [-0.2, 0) is 0 Å². The Morgan fingerprint density at radius 1 is 1.08 bits per heavy atom. The van der Waals surface area contributed by atoms with Gasteiger partial charge >= 0.3 is 0 Å². The van der Waals surface area contributed by atoms with Crippen molar-refractivity contribution in [3.05, 3.63) is 0 Å². The second-order valence-electron chi connectivity index (χ2n) is 4.68. The van der Waals surface area contributed by atoms with Crippen molar-refractivity contribution in [3.63, 3.8) is 0 Å². The average molecular weight is 183 g/mol. The van der Waals surface area contributed by atoms with E-state index < -0.39 is 0 Å². The molecule has 0 aromatic carbocycles. The maximum absolute atomic E-state index is 9.02. The summed E-state index contributed by atoms with van der Waals surface area (Å²) in [6.45, 7) is 1.47. The molecule has 2 atom stereocenters. The molecule has 76 valence electrons. The summed E-state index contributed by atoms with van der Waals surface area (Å²) in [4.78, 5) is 0. The van der Waals surface area contributed by atoms with Crippen LogP contribution in [0.3, 0.4) is 0 Å². The fraction of sp³-hybridized carbons (Fsp3) is 1.00. The normalized spacial score (nSPS) is 36.7. The van der Waals surface area contributed by atoms with E-state index in [1.54, 1.807) is 0 Å². The van der Waals surface area contributed by atoms with Crippen LogP contribution >= 0.6 is 0 Å². The van der Waals surface area contributed by atoms with Crippen LogP contribution in [-0.4, -0.2) is 24.3 Å². The lowest BCUT2D eigenvalue weighted by atomic mass is 9.79. The molecule has 0 radical (unpaired) electrons. The van der Waals surface area contributed by atoms with Gasteiger partial charge in [0, 0.05) is 6.04 Å². The van der Waals surface area contributed by atoms with Gasteiger partial charge in [0.2, 0.25) is 0 Å². The molecule has 1 saturated carbocycles. The zero-order valence-electron chi connectivity index (χ0n) is 8.34. The van der Waals surface area contributed by atoms with E-state index in [9.17, 15) is 0 Å². The smallest absolute Gasteiger partial charge is 0.0584 e. The predicted molar refractivity (Wildman–Crippen MR) is 53.6 cm³/mol. The molecular formula is C11H21NO. The first kappa shape index (κ1) is 9.47. The Morgan fingerprint density at radius 3 is 2.46 bits per heavy atom. The van der Waals surface area contributed by atoms with E-state index in [0.29, 0.717) is 12.6 Å². The molecule has 1 aliphatic carbocycles. The van der Waals surface area contributed by atoms with E-state index in [0.717, 1.165) is 18.4 Å². The van der Waals surface area contributed by atoms with E-state index >= 15 is 0 Å². The minimum atomic E-state index is 0.323. The lowest BCUT2D eigenvalue weighted by molar-refractivity contribution is 0.233. The minimum absolute atomic E-state index is 0.323. The van der Waals surface area contributed by atoms with Crippen LogP contribution in [0.1, 0.15) is 38.5 Å². The lowest BCUT2D eigenvalue weighted by Crippen LogP contribution is -2.24. The van der Waals surface area contributed by atoms with E-state index in [-0.39, 0.29) is 0 Å². The molecule has 0 spiro atoms. The number of rotatable bonds is 2. The molecule has 2 N–H and O–H groups in total. The predicted octanol–water partition coefficient (Wildman–Crippen LogP) is 1.54. The first-order valence-electron chi connectivity index (χ1n) is 5.74. The van der Waals surface area contributed by atoms with Crippen LogP contribution in [0.4, 0.5) is 0 Å². The SMILES string of the molecule is OC[C@@H]1C[C@@H](C2CCCCC2)CN1. The van der Waals surface area contributed by atoms with Gasteiger partial charge in [-0.25, -0.2) is 0 Å². The van der Waals surface area contributed by atoms with E-state index in [1.165, 1.54) is 38.5 Å². The van der Waals surface area contributed by atoms with E-state index in [1.807, 2.05) is 0 Å². The van der Waals surface area contributed by atoms with Gasteiger partial charge in [0.1, 0.15) is 0 Å². The van der Waals surface area contributed by atoms with Gasteiger partial charge in [-0.1, -0.05) is 32.1 Å². The summed E-state index contributed by atoms with van der Waals surface area (Å²) >= 11 is 0. The van der Waals surface area contributed by atoms with Crippen LogP contribution in [0.2, 0.25) is 0 Å². The third-order valence-corrected chi connectivity index (χ3v) is 3.79. The first-order valence-corrected chi connectivity index (χ1v) is 5.74. The third-order valence-electron chi connectivity index (χ3n) is 3.79. The van der Waals surface area contributed by atoms with E-state index in [2.05, 4.69) is 5.32 Å². The van der Waals surface area contributed by atoms with Gasteiger partial charge in [-0.15, -0.1) is 0 Å². The zero-order chi connectivity index (χ0) is 9.10. The van der Waals surface area contributed by atoms with Crippen LogP contribution in [0.15, 0.2) is 0 Å². The largest absolute Gasteiger partial charge is 0.395 e. The van der Waals surface area contributed by atoms with Crippen molar-refractivity contribution in [2.45, 2.75) is 44.6 Å². The molecule has 2 aliphatic rings. The molecule has 2 heteroatoms. The Kier molecular flexibility index (Phi) is 3.23. The van der Waals surface area contributed by atoms with Crippen LogP contribution in [0, 0.1) is 11.8 Å². The number of hydrogen-bond donors (Lipinski definition) is 2. The fourth-order valence-corrected chi connectivity index (χ4v) is 2.95. The third kappa shape index (κ3) is 2.23. The molecule has 0 bridgehead atoms. The van der Waals surface area contributed by atoms with Gasteiger partial charge in [0.25, 0.3) is 0 Å². The molecule has 2 nitrogen and oxygen atoms in total. The maximum atomic E-state index is 9.02. The monoisotopic (exact) mass is 183 g/mol. The highest BCUT2D eigenvalue weighted by molar-refractivity contribution is 4.86. The molecule has 13 heavy (non-hydrogen) atoms. The number of aliphatic hydroxyl groups is 1. The van der Waals surface area contributed by atoms with Gasteiger partial charge in [-0.05, 0) is 24.8 Å². The molecular weight excluding hydrogens is 162 g/mol. The fourth-order valence-electron chi connectivity index (χ4n) is 2.95. The molecule has 0 aromatic heterocycles. The summed E-state index contributed by atoms with van der Waals surface area (Å²) in [5.74, 6) is 1.82. The van der Waals surface area contributed by atoms with E-state index in [4.69, 9.17) is 5.11 Å². The lowest BCUT2D eigenvalue weighted by Gasteiger charge is -2.26. The van der Waals surface area contributed by atoms with Gasteiger partial charge in [-0.3, -0.25) is 0 Å². The summed E-state index contributed by atoms with van der Waals surface area (Å²) in [5.41, 5.74) is 0. The van der Waals surface area contributed by atoms with Gasteiger partial charge in [-0.2, -0.15) is 0 Å². The minimum Gasteiger partial charge on any atom is -0.395 e. The van der Waals surface area contributed by atoms with Gasteiger partial charge < -0.3 is 10.4 Å². The average Bonchev–Trinajstić information content (AvgIpc) is 2.67. The number of aliphatic hydroxyl groups excluding tert-OH is 1. The van der Waals surface area contributed by atoms with Crippen LogP contribution < -0.4 is 5.32 Å². The molecule has 0 amide bonds. The second-order valence-corrected chi connectivity index (χ2v) is 4.68. The standard InChI is InChI=1S/C11H21NO/c13-8-11-6-10(7-12-11)9-4-2-1-3-5-9/h9-13H,1-8H2/t10-,11+/m1/s1. The number of hydrogen-bond acceptors (Lipinski definition) is 2. The Labute approximate surface area is 80.7 Å². The highest BCUT2D eigenvalue weighted by Gasteiger charge is 2.30. The molecule has 1 saturated heterocycles. The van der Waals surface area contributed by atoms with Crippen molar-refractivity contribution in [1.82, 2.24) is 5.32 Å². The highest BCUT2D eigenvalue weighted by Crippen LogP contribution is 2.34. The second kappa shape index (κ2) is 4.43. The quantitative estimate of drug-likeness (QED) is 0.680. The van der Waals surface area contributed by atoms with Crippen LogP contribution in [0.25, 0.3) is 0 Å². The number of nitrogens with one attached hydrogen (secondary N) is 1. The van der Waals surface area contributed by atoms with Crippen molar-refractivity contribution in [1.29, 1.82) is 0 Å². The molecule has 1 aliphatic heterocycles. The molecule has 0 unspecified atom stereocenters. The maximum Gasteiger partial charge on any atom is 0.0584 e. The molecule has 1 heterocycles.